The molecule has 0 fully saturated rings. The van der Waals surface area contributed by atoms with Gasteiger partial charge in [0.25, 0.3) is 15.9 Å². The van der Waals surface area contributed by atoms with Crippen LogP contribution in [-0.2, 0) is 14.8 Å². The molecule has 0 atom stereocenters. The van der Waals surface area contributed by atoms with Crippen molar-refractivity contribution in [2.45, 2.75) is 18.7 Å². The fourth-order valence-electron chi connectivity index (χ4n) is 4.05. The molecule has 4 rings (SSSR count). The number of hydrogen-bond acceptors (Lipinski definition) is 5. The Kier molecular flexibility index (Phi) is 8.19. The van der Waals surface area contributed by atoms with Crippen LogP contribution in [0, 0.1) is 13.8 Å². The number of hydrogen-bond donors (Lipinski definition) is 1. The predicted octanol–water partition coefficient (Wildman–Crippen LogP) is 5.10. The number of rotatable bonds is 9. The highest BCUT2D eigenvalue weighted by Gasteiger charge is 2.27. The quantitative estimate of drug-likeness (QED) is 0.232. The second-order valence-corrected chi connectivity index (χ2v) is 10.8. The number of aryl methyl sites for hydroxylation is 1. The summed E-state index contributed by atoms with van der Waals surface area (Å²) in [5, 5.41) is 4.43. The van der Waals surface area contributed by atoms with Crippen molar-refractivity contribution in [1.29, 1.82) is 0 Å². The summed E-state index contributed by atoms with van der Waals surface area (Å²) in [6.45, 7) is 3.45. The Morgan fingerprint density at radius 1 is 1.03 bits per heavy atom. The van der Waals surface area contributed by atoms with Crippen molar-refractivity contribution in [3.63, 3.8) is 0 Å². The molecule has 1 aromatic heterocycles. The minimum absolute atomic E-state index is 0.00271. The topological polar surface area (TPSA) is 93.0 Å². The zero-order valence-electron chi connectivity index (χ0n) is 21.1. The number of amides is 1. The molecule has 0 unspecified atom stereocenters. The van der Waals surface area contributed by atoms with E-state index in [0.717, 1.165) is 26.9 Å². The van der Waals surface area contributed by atoms with Gasteiger partial charge in [-0.2, -0.15) is 5.10 Å². The molecule has 0 aliphatic rings. The molecular weight excluding hydrogens is 524 g/mol. The molecule has 0 radical (unpaired) electrons. The number of aromatic nitrogens is 1. The van der Waals surface area contributed by atoms with E-state index in [4.69, 9.17) is 16.3 Å². The van der Waals surface area contributed by atoms with Crippen molar-refractivity contribution in [3.8, 4) is 11.4 Å². The van der Waals surface area contributed by atoms with Crippen LogP contribution < -0.4 is 14.5 Å². The van der Waals surface area contributed by atoms with Crippen LogP contribution in [-0.4, -0.2) is 38.8 Å². The summed E-state index contributed by atoms with van der Waals surface area (Å²) >= 11 is 6.12. The highest BCUT2D eigenvalue weighted by molar-refractivity contribution is 7.92. The number of para-hydroxylation sites is 1. The van der Waals surface area contributed by atoms with Gasteiger partial charge in [-0.1, -0.05) is 35.9 Å². The van der Waals surface area contributed by atoms with Crippen LogP contribution in [0.15, 0.2) is 94.9 Å². The normalized spacial score (nSPS) is 11.5. The van der Waals surface area contributed by atoms with E-state index < -0.39 is 22.5 Å². The molecule has 0 saturated heterocycles. The third-order valence-corrected chi connectivity index (χ3v) is 7.93. The van der Waals surface area contributed by atoms with Crippen molar-refractivity contribution in [3.05, 3.63) is 107 Å². The number of anilines is 1. The maximum atomic E-state index is 13.5. The first-order valence-electron chi connectivity index (χ1n) is 11.7. The molecule has 1 amide bonds. The highest BCUT2D eigenvalue weighted by atomic mass is 35.5. The van der Waals surface area contributed by atoms with Gasteiger partial charge in [-0.25, -0.2) is 13.8 Å². The summed E-state index contributed by atoms with van der Waals surface area (Å²) in [5.41, 5.74) is 6.50. The van der Waals surface area contributed by atoms with Crippen LogP contribution in [0.2, 0.25) is 5.02 Å². The molecule has 1 heterocycles. The summed E-state index contributed by atoms with van der Waals surface area (Å²) in [5.74, 6) is -0.104. The number of halogens is 1. The van der Waals surface area contributed by atoms with E-state index in [0.29, 0.717) is 10.8 Å². The number of nitrogens with zero attached hydrogens (tertiary/aromatic N) is 3. The number of carbonyl (C=O) groups excluding carboxylic acids is 1. The summed E-state index contributed by atoms with van der Waals surface area (Å²) in [7, 11) is -2.61. The number of nitrogens with one attached hydrogen (secondary N) is 1. The Balaban J connectivity index is 1.55. The molecule has 0 saturated carbocycles. The molecule has 0 spiro atoms. The van der Waals surface area contributed by atoms with Crippen molar-refractivity contribution >= 4 is 39.4 Å². The van der Waals surface area contributed by atoms with Gasteiger partial charge in [-0.3, -0.25) is 9.10 Å². The van der Waals surface area contributed by atoms with Crippen LogP contribution in [0.4, 0.5) is 5.69 Å². The number of sulfonamides is 1. The zero-order valence-corrected chi connectivity index (χ0v) is 22.7. The third kappa shape index (κ3) is 5.90. The summed E-state index contributed by atoms with van der Waals surface area (Å²) in [6.07, 6.45) is 1.54. The van der Waals surface area contributed by atoms with Gasteiger partial charge >= 0.3 is 0 Å². The molecule has 4 aromatic rings. The van der Waals surface area contributed by atoms with Crippen LogP contribution in [0.3, 0.4) is 0 Å². The van der Waals surface area contributed by atoms with E-state index in [1.54, 1.807) is 36.5 Å². The van der Waals surface area contributed by atoms with Crippen LogP contribution in [0.5, 0.6) is 5.75 Å². The van der Waals surface area contributed by atoms with Gasteiger partial charge in [0.1, 0.15) is 12.3 Å². The standard InChI is InChI=1S/C28H27ClN4O4S/c1-20-16-22(21(2)33(20)24-9-5-4-6-10-24)18-30-31-28(34)19-32(25-11-7-8-23(29)17-25)38(35,36)27-14-12-26(37-3)13-15-27/h4-18H,19H2,1-3H3,(H,31,34)/b30-18-. The molecule has 196 valence electrons. The fourth-order valence-corrected chi connectivity index (χ4v) is 5.65. The van der Waals surface area contributed by atoms with Crippen molar-refractivity contribution in [2.75, 3.05) is 18.0 Å². The highest BCUT2D eigenvalue weighted by Crippen LogP contribution is 2.27. The van der Waals surface area contributed by atoms with Gasteiger partial charge in [-0.15, -0.1) is 0 Å². The van der Waals surface area contributed by atoms with Gasteiger partial charge in [-0.05, 0) is 74.5 Å². The maximum Gasteiger partial charge on any atom is 0.264 e. The minimum atomic E-state index is -4.10. The lowest BCUT2D eigenvalue weighted by atomic mass is 10.2. The number of carbonyl (C=O) groups is 1. The Morgan fingerprint density at radius 2 is 1.74 bits per heavy atom. The number of hydrazone groups is 1. The van der Waals surface area contributed by atoms with Gasteiger partial charge < -0.3 is 9.30 Å². The second kappa shape index (κ2) is 11.5. The molecule has 38 heavy (non-hydrogen) atoms. The number of benzene rings is 3. The number of ether oxygens (including phenoxy) is 1. The van der Waals surface area contributed by atoms with E-state index in [1.165, 1.54) is 25.3 Å². The smallest absolute Gasteiger partial charge is 0.264 e. The first-order valence-corrected chi connectivity index (χ1v) is 13.5. The second-order valence-electron chi connectivity index (χ2n) is 8.46. The molecule has 10 heteroatoms. The van der Waals surface area contributed by atoms with Crippen LogP contribution in [0.1, 0.15) is 17.0 Å². The van der Waals surface area contributed by atoms with E-state index in [-0.39, 0.29) is 10.6 Å². The lowest BCUT2D eigenvalue weighted by molar-refractivity contribution is -0.119. The third-order valence-electron chi connectivity index (χ3n) is 5.91. The summed E-state index contributed by atoms with van der Waals surface area (Å²) in [6, 6.07) is 24.1. The summed E-state index contributed by atoms with van der Waals surface area (Å²) in [4.78, 5) is 12.9. The average Bonchev–Trinajstić information content (AvgIpc) is 3.20. The fraction of sp³-hybridized carbons (Fsp3) is 0.143. The Hall–Kier alpha value is -4.08. The van der Waals surface area contributed by atoms with E-state index >= 15 is 0 Å². The van der Waals surface area contributed by atoms with E-state index in [9.17, 15) is 13.2 Å². The van der Waals surface area contributed by atoms with Gasteiger partial charge in [0.15, 0.2) is 0 Å². The van der Waals surface area contributed by atoms with Crippen molar-refractivity contribution < 1.29 is 17.9 Å². The van der Waals surface area contributed by atoms with E-state index in [1.807, 2.05) is 50.2 Å². The number of methoxy groups -OCH3 is 1. The van der Waals surface area contributed by atoms with Crippen LogP contribution >= 0.6 is 11.6 Å². The molecule has 0 aliphatic heterocycles. The average molecular weight is 551 g/mol. The van der Waals surface area contributed by atoms with Crippen molar-refractivity contribution in [2.24, 2.45) is 5.10 Å². The summed E-state index contributed by atoms with van der Waals surface area (Å²) < 4.78 is 35.2. The molecule has 1 N–H and O–H groups in total. The first-order chi connectivity index (χ1) is 18.2. The lowest BCUT2D eigenvalue weighted by Crippen LogP contribution is -2.39. The Bertz CT molecular complexity index is 1570. The molecule has 0 bridgehead atoms. The Morgan fingerprint density at radius 3 is 2.39 bits per heavy atom. The monoisotopic (exact) mass is 550 g/mol. The molecular formula is C28H27ClN4O4S. The largest absolute Gasteiger partial charge is 0.497 e. The van der Waals surface area contributed by atoms with Gasteiger partial charge in [0.05, 0.1) is 23.9 Å². The maximum absolute atomic E-state index is 13.5. The lowest BCUT2D eigenvalue weighted by Gasteiger charge is -2.24. The van der Waals surface area contributed by atoms with Gasteiger partial charge in [0.2, 0.25) is 0 Å². The predicted molar refractivity (Wildman–Crippen MR) is 150 cm³/mol. The Labute approximate surface area is 227 Å². The SMILES string of the molecule is COc1ccc(S(=O)(=O)N(CC(=O)N/N=C\c2cc(C)n(-c3ccccc3)c2C)c2cccc(Cl)c2)cc1. The first kappa shape index (κ1) is 27.0. The zero-order chi connectivity index (χ0) is 27.3. The molecule has 8 nitrogen and oxygen atoms in total. The van der Waals surface area contributed by atoms with Crippen molar-refractivity contribution in [1.82, 2.24) is 9.99 Å². The van der Waals surface area contributed by atoms with Crippen LogP contribution in [0.25, 0.3) is 5.69 Å². The van der Waals surface area contributed by atoms with Gasteiger partial charge in [0, 0.05) is 27.7 Å². The molecule has 3 aromatic carbocycles. The van der Waals surface area contributed by atoms with E-state index in [2.05, 4.69) is 15.1 Å². The minimum Gasteiger partial charge on any atom is -0.497 e. The molecule has 0 aliphatic carbocycles.